The Hall–Kier alpha value is -2.54. The van der Waals surface area contributed by atoms with E-state index in [1.165, 1.54) is 16.9 Å². The fourth-order valence-corrected chi connectivity index (χ4v) is 4.01. The molecule has 4 rings (SSSR count). The van der Waals surface area contributed by atoms with Crippen LogP contribution in [-0.4, -0.2) is 54.5 Å². The van der Waals surface area contributed by atoms with E-state index < -0.39 is 0 Å². The molecule has 0 atom stereocenters. The molecule has 0 saturated carbocycles. The maximum absolute atomic E-state index is 12.8. The van der Waals surface area contributed by atoms with Gasteiger partial charge in [0.2, 0.25) is 5.91 Å². The lowest BCUT2D eigenvalue weighted by atomic mass is 10.1. The molecule has 26 heavy (non-hydrogen) atoms. The van der Waals surface area contributed by atoms with Crippen LogP contribution in [0.2, 0.25) is 0 Å². The van der Waals surface area contributed by atoms with Crippen LogP contribution in [0.25, 0.3) is 0 Å². The minimum absolute atomic E-state index is 0.0345. The van der Waals surface area contributed by atoms with Gasteiger partial charge in [-0.25, -0.2) is 0 Å². The summed E-state index contributed by atoms with van der Waals surface area (Å²) in [5.74, 6) is 0.938. The van der Waals surface area contributed by atoms with Gasteiger partial charge in [-0.05, 0) is 12.5 Å². The van der Waals surface area contributed by atoms with Crippen molar-refractivity contribution in [3.63, 3.8) is 0 Å². The Morgan fingerprint density at radius 3 is 2.69 bits per heavy atom. The SMILES string of the molecule is Cc1ccc(CN2CCN(C(=O)c3scc4c3OCCO4)CC2=O)cc1. The van der Waals surface area contributed by atoms with Gasteiger partial charge in [-0.15, -0.1) is 11.3 Å². The van der Waals surface area contributed by atoms with Crippen LogP contribution in [-0.2, 0) is 11.3 Å². The zero-order valence-electron chi connectivity index (χ0n) is 14.6. The molecule has 1 saturated heterocycles. The summed E-state index contributed by atoms with van der Waals surface area (Å²) in [6.07, 6.45) is 0. The Kier molecular flexibility index (Phi) is 4.55. The molecule has 6 nitrogen and oxygen atoms in total. The van der Waals surface area contributed by atoms with Crippen molar-refractivity contribution in [1.29, 1.82) is 0 Å². The number of carbonyl (C=O) groups is 2. The van der Waals surface area contributed by atoms with Crippen molar-refractivity contribution in [2.24, 2.45) is 0 Å². The zero-order chi connectivity index (χ0) is 18.1. The van der Waals surface area contributed by atoms with Crippen LogP contribution in [0.15, 0.2) is 29.6 Å². The van der Waals surface area contributed by atoms with Gasteiger partial charge in [0.25, 0.3) is 5.91 Å². The number of amides is 2. The minimum atomic E-state index is -0.162. The van der Waals surface area contributed by atoms with E-state index in [4.69, 9.17) is 9.47 Å². The molecule has 3 heterocycles. The summed E-state index contributed by atoms with van der Waals surface area (Å²) < 4.78 is 11.1. The van der Waals surface area contributed by atoms with Crippen molar-refractivity contribution in [2.75, 3.05) is 32.8 Å². The molecule has 7 heteroatoms. The van der Waals surface area contributed by atoms with Crippen molar-refractivity contribution < 1.29 is 19.1 Å². The summed E-state index contributed by atoms with van der Waals surface area (Å²) in [4.78, 5) is 29.2. The molecule has 0 aliphatic carbocycles. The van der Waals surface area contributed by atoms with E-state index in [1.54, 1.807) is 15.2 Å². The van der Waals surface area contributed by atoms with Gasteiger partial charge in [-0.3, -0.25) is 9.59 Å². The molecule has 0 unspecified atom stereocenters. The molecule has 0 bridgehead atoms. The van der Waals surface area contributed by atoms with Crippen molar-refractivity contribution in [3.8, 4) is 11.5 Å². The fraction of sp³-hybridized carbons (Fsp3) is 0.368. The van der Waals surface area contributed by atoms with E-state index in [1.807, 2.05) is 31.2 Å². The Bertz CT molecular complexity index is 831. The van der Waals surface area contributed by atoms with Crippen LogP contribution in [0.4, 0.5) is 0 Å². The van der Waals surface area contributed by atoms with Crippen LogP contribution in [0.3, 0.4) is 0 Å². The van der Waals surface area contributed by atoms with Crippen molar-refractivity contribution >= 4 is 23.2 Å². The van der Waals surface area contributed by atoms with Crippen molar-refractivity contribution in [2.45, 2.75) is 13.5 Å². The summed E-state index contributed by atoms with van der Waals surface area (Å²) in [6, 6.07) is 8.16. The summed E-state index contributed by atoms with van der Waals surface area (Å²) in [5, 5.41) is 1.79. The highest BCUT2D eigenvalue weighted by Crippen LogP contribution is 2.40. The highest BCUT2D eigenvalue weighted by Gasteiger charge is 2.32. The first-order valence-electron chi connectivity index (χ1n) is 8.61. The number of piperazine rings is 1. The summed E-state index contributed by atoms with van der Waals surface area (Å²) in [5.41, 5.74) is 2.29. The van der Waals surface area contributed by atoms with Gasteiger partial charge >= 0.3 is 0 Å². The lowest BCUT2D eigenvalue weighted by Crippen LogP contribution is -2.51. The van der Waals surface area contributed by atoms with Gasteiger partial charge in [-0.1, -0.05) is 29.8 Å². The molecule has 0 N–H and O–H groups in total. The Morgan fingerprint density at radius 1 is 1.15 bits per heavy atom. The number of nitrogens with zero attached hydrogens (tertiary/aromatic N) is 2. The first-order chi connectivity index (χ1) is 12.6. The lowest BCUT2D eigenvalue weighted by Gasteiger charge is -2.34. The van der Waals surface area contributed by atoms with Crippen LogP contribution < -0.4 is 9.47 Å². The second kappa shape index (κ2) is 6.99. The van der Waals surface area contributed by atoms with Crippen molar-refractivity contribution in [1.82, 2.24) is 9.80 Å². The summed E-state index contributed by atoms with van der Waals surface area (Å²) in [6.45, 7) is 4.69. The second-order valence-corrected chi connectivity index (χ2v) is 7.36. The largest absolute Gasteiger partial charge is 0.485 e. The summed E-state index contributed by atoms with van der Waals surface area (Å²) in [7, 11) is 0. The van der Waals surface area contributed by atoms with E-state index in [2.05, 4.69) is 0 Å². The number of aryl methyl sites for hydroxylation is 1. The van der Waals surface area contributed by atoms with Crippen LogP contribution in [0.5, 0.6) is 11.5 Å². The second-order valence-electron chi connectivity index (χ2n) is 6.48. The third-order valence-electron chi connectivity index (χ3n) is 4.60. The molecule has 0 spiro atoms. The first-order valence-corrected chi connectivity index (χ1v) is 9.49. The molecule has 136 valence electrons. The Morgan fingerprint density at radius 2 is 1.92 bits per heavy atom. The van der Waals surface area contributed by atoms with Crippen LogP contribution >= 0.6 is 11.3 Å². The predicted molar refractivity (Wildman–Crippen MR) is 97.8 cm³/mol. The molecule has 1 aromatic carbocycles. The van der Waals surface area contributed by atoms with Gasteiger partial charge in [0, 0.05) is 25.0 Å². The molecule has 2 aliphatic heterocycles. The Labute approximate surface area is 155 Å². The minimum Gasteiger partial charge on any atom is -0.485 e. The molecule has 1 aromatic heterocycles. The molecule has 2 aromatic rings. The van der Waals surface area contributed by atoms with Crippen LogP contribution in [0.1, 0.15) is 20.8 Å². The number of ether oxygens (including phenoxy) is 2. The number of rotatable bonds is 3. The number of thiophene rings is 1. The molecular weight excluding hydrogens is 352 g/mol. The van der Waals surface area contributed by atoms with Gasteiger partial charge < -0.3 is 19.3 Å². The smallest absolute Gasteiger partial charge is 0.268 e. The molecule has 2 amide bonds. The van der Waals surface area contributed by atoms with E-state index in [0.717, 1.165) is 5.56 Å². The number of hydrogen-bond donors (Lipinski definition) is 0. The van der Waals surface area contributed by atoms with E-state index in [9.17, 15) is 9.59 Å². The number of hydrogen-bond acceptors (Lipinski definition) is 5. The van der Waals surface area contributed by atoms with Gasteiger partial charge in [0.05, 0.1) is 0 Å². The van der Waals surface area contributed by atoms with E-state index in [0.29, 0.717) is 49.2 Å². The van der Waals surface area contributed by atoms with E-state index >= 15 is 0 Å². The number of carbonyl (C=O) groups excluding carboxylic acids is 2. The maximum Gasteiger partial charge on any atom is 0.268 e. The normalized spacial score (nSPS) is 16.7. The first kappa shape index (κ1) is 16.9. The van der Waals surface area contributed by atoms with Crippen LogP contribution in [0, 0.1) is 6.92 Å². The highest BCUT2D eigenvalue weighted by atomic mass is 32.1. The lowest BCUT2D eigenvalue weighted by molar-refractivity contribution is -0.135. The molecule has 2 aliphatic rings. The van der Waals surface area contributed by atoms with Gasteiger partial charge in [-0.2, -0.15) is 0 Å². The van der Waals surface area contributed by atoms with Gasteiger partial charge in [0.15, 0.2) is 11.5 Å². The molecule has 1 fully saturated rings. The zero-order valence-corrected chi connectivity index (χ0v) is 15.4. The highest BCUT2D eigenvalue weighted by molar-refractivity contribution is 7.12. The third-order valence-corrected chi connectivity index (χ3v) is 5.52. The average Bonchev–Trinajstić information content (AvgIpc) is 3.08. The average molecular weight is 372 g/mol. The number of benzene rings is 1. The molecule has 0 radical (unpaired) electrons. The molecular formula is C19H20N2O4S. The standard InChI is InChI=1S/C19H20N2O4S/c1-13-2-4-14(5-3-13)10-20-6-7-21(11-16(20)22)19(23)18-17-15(12-26-18)24-8-9-25-17/h2-5,12H,6-11H2,1H3. The quantitative estimate of drug-likeness (QED) is 0.830. The van der Waals surface area contributed by atoms with Gasteiger partial charge in [0.1, 0.15) is 24.6 Å². The Balaban J connectivity index is 1.42. The van der Waals surface area contributed by atoms with Crippen molar-refractivity contribution in [3.05, 3.63) is 45.6 Å². The summed E-state index contributed by atoms with van der Waals surface area (Å²) >= 11 is 1.31. The number of fused-ring (bicyclic) bond motifs is 1. The third kappa shape index (κ3) is 3.26. The topological polar surface area (TPSA) is 59.1 Å². The maximum atomic E-state index is 12.8. The fourth-order valence-electron chi connectivity index (χ4n) is 3.12. The monoisotopic (exact) mass is 372 g/mol. The predicted octanol–water partition coefficient (Wildman–Crippen LogP) is 2.31. The van der Waals surface area contributed by atoms with E-state index in [-0.39, 0.29) is 18.4 Å².